The molecular formula is C17H11Cl3FNO3. The van der Waals surface area contributed by atoms with E-state index in [-0.39, 0.29) is 26.3 Å². The quantitative estimate of drug-likeness (QED) is 0.436. The van der Waals surface area contributed by atoms with Gasteiger partial charge in [-0.05, 0) is 24.3 Å². The molecule has 0 atom stereocenters. The molecule has 25 heavy (non-hydrogen) atoms. The van der Waals surface area contributed by atoms with Crippen LogP contribution in [0.15, 0.2) is 42.5 Å². The van der Waals surface area contributed by atoms with Gasteiger partial charge in [-0.2, -0.15) is 0 Å². The van der Waals surface area contributed by atoms with Crippen LogP contribution in [0, 0.1) is 5.82 Å². The van der Waals surface area contributed by atoms with Crippen molar-refractivity contribution in [3.05, 3.63) is 68.9 Å². The maximum atomic E-state index is 13.4. The van der Waals surface area contributed by atoms with E-state index in [2.05, 4.69) is 5.32 Å². The number of carbonyl (C=O) groups excluding carboxylic acids is 2. The number of anilines is 1. The predicted molar refractivity (Wildman–Crippen MR) is 96.5 cm³/mol. The van der Waals surface area contributed by atoms with Gasteiger partial charge in [-0.25, -0.2) is 9.18 Å². The van der Waals surface area contributed by atoms with E-state index in [0.717, 1.165) is 6.08 Å². The van der Waals surface area contributed by atoms with Crippen molar-refractivity contribution in [3.8, 4) is 0 Å². The summed E-state index contributed by atoms with van der Waals surface area (Å²) in [7, 11) is 0. The van der Waals surface area contributed by atoms with Crippen molar-refractivity contribution < 1.29 is 18.7 Å². The first-order chi connectivity index (χ1) is 11.9. The minimum Gasteiger partial charge on any atom is -0.452 e. The van der Waals surface area contributed by atoms with Gasteiger partial charge in [0, 0.05) is 11.6 Å². The molecule has 0 aliphatic heterocycles. The van der Waals surface area contributed by atoms with Gasteiger partial charge in [0.15, 0.2) is 6.61 Å². The number of hydrogen-bond acceptors (Lipinski definition) is 3. The Kier molecular flexibility index (Phi) is 6.82. The molecule has 0 radical (unpaired) electrons. The van der Waals surface area contributed by atoms with Crippen LogP contribution in [-0.2, 0) is 14.3 Å². The third-order valence-corrected chi connectivity index (χ3v) is 3.97. The summed E-state index contributed by atoms with van der Waals surface area (Å²) in [5, 5.41) is 3.09. The van der Waals surface area contributed by atoms with Crippen molar-refractivity contribution in [2.75, 3.05) is 11.9 Å². The van der Waals surface area contributed by atoms with E-state index in [0.29, 0.717) is 0 Å². The molecule has 0 bridgehead atoms. The smallest absolute Gasteiger partial charge is 0.331 e. The van der Waals surface area contributed by atoms with Gasteiger partial charge in [-0.15, -0.1) is 0 Å². The monoisotopic (exact) mass is 401 g/mol. The lowest BCUT2D eigenvalue weighted by Crippen LogP contribution is -2.20. The van der Waals surface area contributed by atoms with Crippen molar-refractivity contribution in [2.24, 2.45) is 0 Å². The van der Waals surface area contributed by atoms with Crippen molar-refractivity contribution in [1.29, 1.82) is 0 Å². The third kappa shape index (κ3) is 5.74. The highest BCUT2D eigenvalue weighted by atomic mass is 35.5. The maximum Gasteiger partial charge on any atom is 0.331 e. The molecule has 8 heteroatoms. The Morgan fingerprint density at radius 3 is 2.48 bits per heavy atom. The summed E-state index contributed by atoms with van der Waals surface area (Å²) in [4.78, 5) is 23.4. The molecule has 130 valence electrons. The second-order valence-corrected chi connectivity index (χ2v) is 5.98. The molecule has 0 unspecified atom stereocenters. The van der Waals surface area contributed by atoms with E-state index < -0.39 is 24.3 Å². The first kappa shape index (κ1) is 19.2. The second kappa shape index (κ2) is 8.85. The van der Waals surface area contributed by atoms with Gasteiger partial charge in [-0.3, -0.25) is 4.79 Å². The van der Waals surface area contributed by atoms with Crippen LogP contribution in [0.2, 0.25) is 15.1 Å². The highest BCUT2D eigenvalue weighted by molar-refractivity contribution is 6.44. The summed E-state index contributed by atoms with van der Waals surface area (Å²) in [5.41, 5.74) is 0.463. The van der Waals surface area contributed by atoms with E-state index in [1.165, 1.54) is 36.4 Å². The van der Waals surface area contributed by atoms with Crippen LogP contribution in [0.3, 0.4) is 0 Å². The SMILES string of the molecule is O=C(COC(=O)/C=C/c1ccccc1F)Nc1cc(Cl)c(Cl)cc1Cl. The minimum atomic E-state index is -0.793. The van der Waals surface area contributed by atoms with Crippen LogP contribution < -0.4 is 5.32 Å². The average molecular weight is 403 g/mol. The molecular weight excluding hydrogens is 392 g/mol. The van der Waals surface area contributed by atoms with Gasteiger partial charge in [0.25, 0.3) is 5.91 Å². The molecule has 0 saturated carbocycles. The van der Waals surface area contributed by atoms with Crippen LogP contribution in [0.4, 0.5) is 10.1 Å². The largest absolute Gasteiger partial charge is 0.452 e. The standard InChI is InChI=1S/C17H11Cl3FNO3/c18-11-7-13(20)15(8-12(11)19)22-16(23)9-25-17(24)6-5-10-3-1-2-4-14(10)21/h1-8H,9H2,(H,22,23)/b6-5+. The molecule has 1 N–H and O–H groups in total. The zero-order valence-corrected chi connectivity index (χ0v) is 14.8. The summed E-state index contributed by atoms with van der Waals surface area (Å²) in [5.74, 6) is -1.88. The number of esters is 1. The molecule has 2 rings (SSSR count). The van der Waals surface area contributed by atoms with E-state index >= 15 is 0 Å². The first-order valence-electron chi connectivity index (χ1n) is 6.90. The van der Waals surface area contributed by atoms with E-state index in [9.17, 15) is 14.0 Å². The summed E-state index contributed by atoms with van der Waals surface area (Å²) in [6.07, 6.45) is 2.28. The molecule has 1 amide bonds. The number of halogens is 4. The Bertz CT molecular complexity index is 840. The topological polar surface area (TPSA) is 55.4 Å². The molecule has 0 spiro atoms. The highest BCUT2D eigenvalue weighted by Gasteiger charge is 2.11. The lowest BCUT2D eigenvalue weighted by atomic mass is 10.2. The Labute approximate surface area is 158 Å². The summed E-state index contributed by atoms with van der Waals surface area (Å²) in [6, 6.07) is 8.68. The zero-order chi connectivity index (χ0) is 18.4. The number of hydrogen-bond donors (Lipinski definition) is 1. The zero-order valence-electron chi connectivity index (χ0n) is 12.6. The van der Waals surface area contributed by atoms with E-state index in [4.69, 9.17) is 39.5 Å². The number of rotatable bonds is 5. The number of amides is 1. The first-order valence-corrected chi connectivity index (χ1v) is 8.04. The van der Waals surface area contributed by atoms with Crippen LogP contribution in [0.1, 0.15) is 5.56 Å². The van der Waals surface area contributed by atoms with Crippen molar-refractivity contribution in [1.82, 2.24) is 0 Å². The van der Waals surface area contributed by atoms with Crippen LogP contribution >= 0.6 is 34.8 Å². The van der Waals surface area contributed by atoms with Gasteiger partial charge in [-0.1, -0.05) is 53.0 Å². The molecule has 0 heterocycles. The molecule has 0 aliphatic rings. The molecule has 2 aromatic carbocycles. The third-order valence-electron chi connectivity index (χ3n) is 2.93. The van der Waals surface area contributed by atoms with Crippen LogP contribution in [-0.4, -0.2) is 18.5 Å². The summed E-state index contributed by atoms with van der Waals surface area (Å²) >= 11 is 17.6. The molecule has 0 fully saturated rings. The van der Waals surface area contributed by atoms with Crippen molar-refractivity contribution in [3.63, 3.8) is 0 Å². The Morgan fingerprint density at radius 1 is 1.08 bits per heavy atom. The van der Waals surface area contributed by atoms with Crippen LogP contribution in [0.25, 0.3) is 6.08 Å². The van der Waals surface area contributed by atoms with Crippen molar-refractivity contribution in [2.45, 2.75) is 0 Å². The van der Waals surface area contributed by atoms with Gasteiger partial charge in [0.2, 0.25) is 0 Å². The van der Waals surface area contributed by atoms with Gasteiger partial charge in [0.1, 0.15) is 5.82 Å². The Hall–Kier alpha value is -2.08. The summed E-state index contributed by atoms with van der Waals surface area (Å²) in [6.45, 7) is -0.545. The maximum absolute atomic E-state index is 13.4. The van der Waals surface area contributed by atoms with Crippen molar-refractivity contribution >= 4 is 58.4 Å². The number of benzene rings is 2. The number of carbonyl (C=O) groups is 2. The van der Waals surface area contributed by atoms with Crippen LogP contribution in [0.5, 0.6) is 0 Å². The Morgan fingerprint density at radius 2 is 1.76 bits per heavy atom. The molecule has 0 aromatic heterocycles. The molecule has 4 nitrogen and oxygen atoms in total. The van der Waals surface area contributed by atoms with E-state index in [1.807, 2.05) is 0 Å². The fourth-order valence-corrected chi connectivity index (χ4v) is 2.35. The molecule has 0 saturated heterocycles. The fourth-order valence-electron chi connectivity index (χ4n) is 1.76. The van der Waals surface area contributed by atoms with Gasteiger partial charge >= 0.3 is 5.97 Å². The highest BCUT2D eigenvalue weighted by Crippen LogP contribution is 2.32. The normalized spacial score (nSPS) is 10.7. The number of nitrogens with one attached hydrogen (secondary N) is 1. The van der Waals surface area contributed by atoms with E-state index in [1.54, 1.807) is 6.07 Å². The van der Waals surface area contributed by atoms with Gasteiger partial charge < -0.3 is 10.1 Å². The molecule has 2 aromatic rings. The molecule has 0 aliphatic carbocycles. The lowest BCUT2D eigenvalue weighted by Gasteiger charge is -2.08. The lowest BCUT2D eigenvalue weighted by molar-refractivity contribution is -0.142. The van der Waals surface area contributed by atoms with Gasteiger partial charge in [0.05, 0.1) is 20.8 Å². The minimum absolute atomic E-state index is 0.188. The Balaban J connectivity index is 1.89. The average Bonchev–Trinajstić information content (AvgIpc) is 2.57. The summed E-state index contributed by atoms with van der Waals surface area (Å²) < 4.78 is 18.2. The predicted octanol–water partition coefficient (Wildman–Crippen LogP) is 4.98. The fraction of sp³-hybridized carbons (Fsp3) is 0.0588. The second-order valence-electron chi connectivity index (χ2n) is 4.76. The number of ether oxygens (including phenoxy) is 1.